The summed E-state index contributed by atoms with van der Waals surface area (Å²) in [5.74, 6) is 0.636. The molecule has 3 aromatic rings. The maximum atomic E-state index is 12.8. The first-order valence-electron chi connectivity index (χ1n) is 8.84. The lowest BCUT2D eigenvalue weighted by Crippen LogP contribution is -2.32. The Morgan fingerprint density at radius 2 is 2.08 bits per heavy atom. The molecule has 4 rings (SSSR count). The van der Waals surface area contributed by atoms with E-state index in [1.807, 2.05) is 32.3 Å². The lowest BCUT2D eigenvalue weighted by Gasteiger charge is -2.26. The average molecular weight is 349 g/mol. The van der Waals surface area contributed by atoms with E-state index in [0.29, 0.717) is 12.4 Å². The molecule has 3 heterocycles. The van der Waals surface area contributed by atoms with Gasteiger partial charge >= 0.3 is 0 Å². The van der Waals surface area contributed by atoms with E-state index in [0.717, 1.165) is 30.8 Å². The van der Waals surface area contributed by atoms with Gasteiger partial charge in [-0.1, -0.05) is 18.2 Å². The highest BCUT2D eigenvalue weighted by Gasteiger charge is 2.23. The number of aromatic nitrogens is 3. The van der Waals surface area contributed by atoms with Crippen LogP contribution >= 0.6 is 0 Å². The fraction of sp³-hybridized carbons (Fsp3) is 0.300. The molecule has 1 aliphatic rings. The van der Waals surface area contributed by atoms with Crippen molar-refractivity contribution in [3.05, 3.63) is 75.8 Å². The summed E-state index contributed by atoms with van der Waals surface area (Å²) in [5.41, 5.74) is 4.34. The Kier molecular flexibility index (Phi) is 4.34. The first kappa shape index (κ1) is 16.6. The Morgan fingerprint density at radius 1 is 1.19 bits per heavy atom. The van der Waals surface area contributed by atoms with E-state index in [9.17, 15) is 4.79 Å². The van der Waals surface area contributed by atoms with Crippen molar-refractivity contribution >= 4 is 5.69 Å². The lowest BCUT2D eigenvalue weighted by atomic mass is 10.1. The summed E-state index contributed by atoms with van der Waals surface area (Å²) in [6, 6.07) is 14.1. The van der Waals surface area contributed by atoms with E-state index in [1.54, 1.807) is 10.9 Å². The molecule has 0 fully saturated rings. The van der Waals surface area contributed by atoms with E-state index in [2.05, 4.69) is 44.1 Å². The predicted octanol–water partition coefficient (Wildman–Crippen LogP) is 2.18. The Bertz CT molecular complexity index is 958. The standard InChI is InChI=1S/C20H23N5O/c1-23(2)16-7-5-6-15(12-16)13-24-11-9-18-17(14-24)20(26)25(22-18)19-8-3-4-10-21-19/h3-8,10,12,22H,9,11,13-14H2,1-2H3. The normalized spacial score (nSPS) is 14.2. The molecule has 2 aromatic heterocycles. The van der Waals surface area contributed by atoms with Gasteiger partial charge in [0.25, 0.3) is 5.56 Å². The van der Waals surface area contributed by atoms with Crippen LogP contribution in [-0.2, 0) is 19.5 Å². The minimum atomic E-state index is 0.00504. The van der Waals surface area contributed by atoms with Gasteiger partial charge in [0.2, 0.25) is 0 Å². The Balaban J connectivity index is 1.56. The van der Waals surface area contributed by atoms with Crippen LogP contribution in [0.3, 0.4) is 0 Å². The molecule has 0 bridgehead atoms. The van der Waals surface area contributed by atoms with Gasteiger partial charge in [-0.2, -0.15) is 0 Å². The van der Waals surface area contributed by atoms with Crippen LogP contribution in [0.5, 0.6) is 0 Å². The smallest absolute Gasteiger partial charge is 0.277 e. The van der Waals surface area contributed by atoms with Crippen LogP contribution in [0.2, 0.25) is 0 Å². The molecule has 0 aliphatic carbocycles. The minimum Gasteiger partial charge on any atom is -0.378 e. The van der Waals surface area contributed by atoms with Gasteiger partial charge in [-0.25, -0.2) is 9.67 Å². The molecule has 134 valence electrons. The second-order valence-electron chi connectivity index (χ2n) is 6.92. The second-order valence-corrected chi connectivity index (χ2v) is 6.92. The molecule has 0 unspecified atom stereocenters. The van der Waals surface area contributed by atoms with Crippen LogP contribution in [0.25, 0.3) is 5.82 Å². The van der Waals surface area contributed by atoms with Gasteiger partial charge in [0.05, 0.1) is 5.56 Å². The highest BCUT2D eigenvalue weighted by molar-refractivity contribution is 5.47. The van der Waals surface area contributed by atoms with Crippen LogP contribution in [0.15, 0.2) is 53.5 Å². The summed E-state index contributed by atoms with van der Waals surface area (Å²) >= 11 is 0. The topological polar surface area (TPSA) is 57.2 Å². The molecule has 0 radical (unpaired) electrons. The third kappa shape index (κ3) is 3.15. The van der Waals surface area contributed by atoms with E-state index in [1.165, 1.54) is 11.3 Å². The van der Waals surface area contributed by atoms with Gasteiger partial charge in [-0.05, 0) is 29.8 Å². The summed E-state index contributed by atoms with van der Waals surface area (Å²) in [4.78, 5) is 21.5. The fourth-order valence-electron chi connectivity index (χ4n) is 3.43. The van der Waals surface area contributed by atoms with E-state index in [-0.39, 0.29) is 5.56 Å². The van der Waals surface area contributed by atoms with Gasteiger partial charge in [0, 0.05) is 57.7 Å². The number of nitrogens with zero attached hydrogens (tertiary/aromatic N) is 4. The summed E-state index contributed by atoms with van der Waals surface area (Å²) < 4.78 is 1.56. The summed E-state index contributed by atoms with van der Waals surface area (Å²) in [6.07, 6.45) is 2.55. The van der Waals surface area contributed by atoms with E-state index in [4.69, 9.17) is 0 Å². The molecule has 0 saturated heterocycles. The number of H-pyrrole nitrogens is 1. The molecule has 0 atom stereocenters. The third-order valence-electron chi connectivity index (χ3n) is 4.84. The molecular weight excluding hydrogens is 326 g/mol. The molecular formula is C20H23N5O. The molecule has 6 nitrogen and oxygen atoms in total. The number of hydrogen-bond donors (Lipinski definition) is 1. The average Bonchev–Trinajstić information content (AvgIpc) is 2.99. The predicted molar refractivity (Wildman–Crippen MR) is 103 cm³/mol. The molecule has 0 saturated carbocycles. The number of benzene rings is 1. The van der Waals surface area contributed by atoms with Gasteiger partial charge in [-0.15, -0.1) is 0 Å². The third-order valence-corrected chi connectivity index (χ3v) is 4.84. The first-order chi connectivity index (χ1) is 12.6. The molecule has 0 amide bonds. The molecule has 1 aliphatic heterocycles. The number of hydrogen-bond acceptors (Lipinski definition) is 4. The van der Waals surface area contributed by atoms with Crippen LogP contribution in [0.4, 0.5) is 5.69 Å². The second kappa shape index (κ2) is 6.80. The molecule has 1 aromatic carbocycles. The first-order valence-corrected chi connectivity index (χ1v) is 8.84. The quantitative estimate of drug-likeness (QED) is 0.784. The summed E-state index contributed by atoms with van der Waals surface area (Å²) in [7, 11) is 4.10. The summed E-state index contributed by atoms with van der Waals surface area (Å²) in [6.45, 7) is 2.44. The SMILES string of the molecule is CN(C)c1cccc(CN2CCc3[nH]n(-c4ccccn4)c(=O)c3C2)c1. The van der Waals surface area contributed by atoms with Gasteiger partial charge < -0.3 is 4.90 Å². The van der Waals surface area contributed by atoms with Crippen molar-refractivity contribution in [3.8, 4) is 5.82 Å². The largest absolute Gasteiger partial charge is 0.378 e. The highest BCUT2D eigenvalue weighted by atomic mass is 16.1. The minimum absolute atomic E-state index is 0.00504. The van der Waals surface area contributed by atoms with Crippen molar-refractivity contribution in [2.45, 2.75) is 19.5 Å². The number of pyridine rings is 1. The molecule has 1 N–H and O–H groups in total. The molecule has 26 heavy (non-hydrogen) atoms. The number of rotatable bonds is 4. The van der Waals surface area contributed by atoms with Crippen LogP contribution in [0.1, 0.15) is 16.8 Å². The maximum absolute atomic E-state index is 12.8. The molecule has 0 spiro atoms. The Morgan fingerprint density at radius 3 is 2.85 bits per heavy atom. The van der Waals surface area contributed by atoms with Crippen LogP contribution < -0.4 is 10.5 Å². The fourth-order valence-corrected chi connectivity index (χ4v) is 3.43. The van der Waals surface area contributed by atoms with Crippen LogP contribution in [-0.4, -0.2) is 40.3 Å². The monoisotopic (exact) mass is 349 g/mol. The van der Waals surface area contributed by atoms with Crippen molar-refractivity contribution in [2.24, 2.45) is 0 Å². The number of aromatic amines is 1. The Labute approximate surface area is 152 Å². The van der Waals surface area contributed by atoms with Crippen molar-refractivity contribution in [1.29, 1.82) is 0 Å². The van der Waals surface area contributed by atoms with Crippen molar-refractivity contribution in [1.82, 2.24) is 19.7 Å². The number of fused-ring (bicyclic) bond motifs is 1. The Hall–Kier alpha value is -2.86. The van der Waals surface area contributed by atoms with Gasteiger partial charge in [-0.3, -0.25) is 14.8 Å². The highest BCUT2D eigenvalue weighted by Crippen LogP contribution is 2.20. The number of anilines is 1. The zero-order valence-electron chi connectivity index (χ0n) is 15.1. The zero-order valence-corrected chi connectivity index (χ0v) is 15.1. The van der Waals surface area contributed by atoms with Crippen molar-refractivity contribution in [2.75, 3.05) is 25.5 Å². The number of nitrogens with one attached hydrogen (secondary N) is 1. The summed E-state index contributed by atoms with van der Waals surface area (Å²) in [5, 5.41) is 3.23. The van der Waals surface area contributed by atoms with Gasteiger partial charge in [0.1, 0.15) is 0 Å². The van der Waals surface area contributed by atoms with Gasteiger partial charge in [0.15, 0.2) is 5.82 Å². The van der Waals surface area contributed by atoms with E-state index < -0.39 is 0 Å². The lowest BCUT2D eigenvalue weighted by molar-refractivity contribution is 0.244. The zero-order chi connectivity index (χ0) is 18.1. The van der Waals surface area contributed by atoms with Crippen molar-refractivity contribution in [3.63, 3.8) is 0 Å². The van der Waals surface area contributed by atoms with Crippen molar-refractivity contribution < 1.29 is 0 Å². The van der Waals surface area contributed by atoms with Crippen LogP contribution in [0, 0.1) is 0 Å². The molecule has 6 heteroatoms. The van der Waals surface area contributed by atoms with E-state index >= 15 is 0 Å². The maximum Gasteiger partial charge on any atom is 0.277 e.